The van der Waals surface area contributed by atoms with Crippen molar-refractivity contribution in [1.29, 1.82) is 0 Å². The summed E-state index contributed by atoms with van der Waals surface area (Å²) in [5.74, 6) is -1.07. The molecule has 0 unspecified atom stereocenters. The second kappa shape index (κ2) is 4.19. The maximum Gasteiger partial charge on any atom is 0.357 e. The largest absolute Gasteiger partial charge is 0.476 e. The van der Waals surface area contributed by atoms with Crippen LogP contribution in [0.1, 0.15) is 34.8 Å². The number of aryl methyl sites for hydroxylation is 1. The zero-order valence-electron chi connectivity index (χ0n) is 10.4. The summed E-state index contributed by atoms with van der Waals surface area (Å²) >= 11 is 0. The Morgan fingerprint density at radius 1 is 1.42 bits per heavy atom. The summed E-state index contributed by atoms with van der Waals surface area (Å²) < 4.78 is 15.5. The third-order valence-electron chi connectivity index (χ3n) is 3.36. The van der Waals surface area contributed by atoms with Gasteiger partial charge in [0.15, 0.2) is 5.69 Å². The van der Waals surface area contributed by atoms with Crippen LogP contribution in [0.5, 0.6) is 0 Å². The van der Waals surface area contributed by atoms with Gasteiger partial charge in [0.05, 0.1) is 0 Å². The predicted octanol–water partition coefficient (Wildman–Crippen LogP) is 2.80. The average molecular weight is 260 g/mol. The lowest BCUT2D eigenvalue weighted by Crippen LogP contribution is -2.01. The Labute approximate surface area is 109 Å². The Kier molecular flexibility index (Phi) is 2.62. The maximum absolute atomic E-state index is 14.1. The topological polar surface area (TPSA) is 55.1 Å². The van der Waals surface area contributed by atoms with Crippen molar-refractivity contribution in [1.82, 2.24) is 9.78 Å². The van der Waals surface area contributed by atoms with E-state index in [1.54, 1.807) is 13.1 Å². The van der Waals surface area contributed by atoms with Crippen LogP contribution in [0.15, 0.2) is 24.4 Å². The quantitative estimate of drug-likeness (QED) is 0.923. The first kappa shape index (κ1) is 11.9. The molecule has 0 radical (unpaired) electrons. The van der Waals surface area contributed by atoms with Gasteiger partial charge in [0, 0.05) is 24.4 Å². The third-order valence-corrected chi connectivity index (χ3v) is 3.36. The van der Waals surface area contributed by atoms with Gasteiger partial charge >= 0.3 is 5.97 Å². The molecule has 0 bridgehead atoms. The molecule has 1 heterocycles. The number of carbonyl (C=O) groups is 1. The van der Waals surface area contributed by atoms with E-state index < -0.39 is 5.97 Å². The highest BCUT2D eigenvalue weighted by molar-refractivity contribution is 5.93. The van der Waals surface area contributed by atoms with E-state index in [1.165, 1.54) is 16.9 Å². The van der Waals surface area contributed by atoms with Crippen molar-refractivity contribution in [2.45, 2.75) is 18.8 Å². The zero-order chi connectivity index (χ0) is 13.6. The van der Waals surface area contributed by atoms with E-state index in [-0.39, 0.29) is 17.1 Å². The van der Waals surface area contributed by atoms with Crippen LogP contribution in [-0.2, 0) is 7.05 Å². The minimum absolute atomic E-state index is 0.124. The Bertz CT molecular complexity index is 659. The molecule has 19 heavy (non-hydrogen) atoms. The van der Waals surface area contributed by atoms with Gasteiger partial charge in [-0.05, 0) is 30.4 Å². The number of hydrogen-bond donors (Lipinski definition) is 1. The first-order valence-corrected chi connectivity index (χ1v) is 6.13. The highest BCUT2D eigenvalue weighted by Gasteiger charge is 2.25. The van der Waals surface area contributed by atoms with Gasteiger partial charge in [0.1, 0.15) is 5.82 Å². The molecule has 1 aliphatic carbocycles. The fourth-order valence-corrected chi connectivity index (χ4v) is 2.26. The van der Waals surface area contributed by atoms with Crippen LogP contribution in [0.25, 0.3) is 11.1 Å². The number of aromatic nitrogens is 2. The van der Waals surface area contributed by atoms with Crippen LogP contribution >= 0.6 is 0 Å². The molecule has 3 rings (SSSR count). The van der Waals surface area contributed by atoms with Crippen molar-refractivity contribution in [3.63, 3.8) is 0 Å². The highest BCUT2D eigenvalue weighted by Crippen LogP contribution is 2.41. The number of nitrogens with zero attached hydrogens (tertiary/aromatic N) is 2. The number of halogens is 1. The van der Waals surface area contributed by atoms with E-state index in [0.717, 1.165) is 18.4 Å². The van der Waals surface area contributed by atoms with Crippen molar-refractivity contribution in [3.05, 3.63) is 41.5 Å². The van der Waals surface area contributed by atoms with Crippen LogP contribution in [-0.4, -0.2) is 20.9 Å². The minimum atomic E-state index is -1.15. The number of hydrogen-bond acceptors (Lipinski definition) is 2. The van der Waals surface area contributed by atoms with E-state index in [4.69, 9.17) is 5.11 Å². The first-order chi connectivity index (χ1) is 9.06. The number of rotatable bonds is 3. The molecular formula is C14H13FN2O2. The minimum Gasteiger partial charge on any atom is -0.476 e. The van der Waals surface area contributed by atoms with E-state index in [0.29, 0.717) is 11.5 Å². The second-order valence-electron chi connectivity index (χ2n) is 4.88. The number of carboxylic acids is 1. The lowest BCUT2D eigenvalue weighted by molar-refractivity contribution is 0.0690. The van der Waals surface area contributed by atoms with Crippen molar-refractivity contribution >= 4 is 5.97 Å². The average Bonchev–Trinajstić information content (AvgIpc) is 3.12. The molecule has 1 aliphatic rings. The van der Waals surface area contributed by atoms with Gasteiger partial charge in [-0.1, -0.05) is 12.1 Å². The molecule has 0 spiro atoms. The van der Waals surface area contributed by atoms with Crippen molar-refractivity contribution in [3.8, 4) is 11.1 Å². The molecule has 1 aromatic heterocycles. The number of aromatic carboxylic acids is 1. The molecule has 5 heteroatoms. The summed E-state index contributed by atoms with van der Waals surface area (Å²) in [5.41, 5.74) is 1.47. The van der Waals surface area contributed by atoms with Gasteiger partial charge in [0.2, 0.25) is 0 Å². The summed E-state index contributed by atoms with van der Waals surface area (Å²) in [4.78, 5) is 11.1. The van der Waals surface area contributed by atoms with Gasteiger partial charge < -0.3 is 5.11 Å². The molecule has 1 saturated carbocycles. The van der Waals surface area contributed by atoms with E-state index in [9.17, 15) is 9.18 Å². The molecule has 0 saturated heterocycles. The van der Waals surface area contributed by atoms with Crippen LogP contribution in [0.4, 0.5) is 4.39 Å². The fourth-order valence-electron chi connectivity index (χ4n) is 2.26. The van der Waals surface area contributed by atoms with Gasteiger partial charge in [-0.3, -0.25) is 4.68 Å². The molecule has 0 atom stereocenters. The van der Waals surface area contributed by atoms with Crippen LogP contribution in [0.2, 0.25) is 0 Å². The smallest absolute Gasteiger partial charge is 0.357 e. The van der Waals surface area contributed by atoms with E-state index >= 15 is 0 Å². The molecule has 98 valence electrons. The standard InChI is InChI=1S/C14H13FN2O2/c1-17-7-11(13(16-17)14(18)19)10-5-4-9(6-12(10)15)8-2-3-8/h4-8H,2-3H2,1H3,(H,18,19). The summed E-state index contributed by atoms with van der Waals surface area (Å²) in [7, 11) is 1.62. The Hall–Kier alpha value is -2.17. The van der Waals surface area contributed by atoms with Gasteiger partial charge in [0.25, 0.3) is 0 Å². The first-order valence-electron chi connectivity index (χ1n) is 6.13. The molecule has 0 amide bonds. The summed E-state index contributed by atoms with van der Waals surface area (Å²) in [5, 5.41) is 12.9. The monoisotopic (exact) mass is 260 g/mol. The maximum atomic E-state index is 14.1. The summed E-state index contributed by atoms with van der Waals surface area (Å²) in [6.45, 7) is 0. The lowest BCUT2D eigenvalue weighted by atomic mass is 10.0. The second-order valence-corrected chi connectivity index (χ2v) is 4.88. The van der Waals surface area contributed by atoms with E-state index in [1.807, 2.05) is 6.07 Å². The molecule has 1 fully saturated rings. The van der Waals surface area contributed by atoms with Gasteiger partial charge in [-0.15, -0.1) is 0 Å². The Morgan fingerprint density at radius 3 is 2.74 bits per heavy atom. The molecular weight excluding hydrogens is 247 g/mol. The molecule has 1 N–H and O–H groups in total. The normalized spacial score (nSPS) is 14.6. The fraction of sp³-hybridized carbons (Fsp3) is 0.286. The lowest BCUT2D eigenvalue weighted by Gasteiger charge is -2.04. The zero-order valence-corrected chi connectivity index (χ0v) is 10.4. The third kappa shape index (κ3) is 2.12. The van der Waals surface area contributed by atoms with Gasteiger partial charge in [-0.25, -0.2) is 9.18 Å². The Balaban J connectivity index is 2.08. The molecule has 0 aliphatic heterocycles. The Morgan fingerprint density at radius 2 is 2.16 bits per heavy atom. The highest BCUT2D eigenvalue weighted by atomic mass is 19.1. The van der Waals surface area contributed by atoms with Gasteiger partial charge in [-0.2, -0.15) is 5.10 Å². The SMILES string of the molecule is Cn1cc(-c2ccc(C3CC3)cc2F)c(C(=O)O)n1. The molecule has 1 aromatic carbocycles. The number of carboxylic acid groups (broad SMARTS) is 1. The van der Waals surface area contributed by atoms with Crippen LogP contribution < -0.4 is 0 Å². The summed E-state index contributed by atoms with van der Waals surface area (Å²) in [6.07, 6.45) is 3.73. The molecule has 4 nitrogen and oxygen atoms in total. The summed E-state index contributed by atoms with van der Waals surface area (Å²) in [6, 6.07) is 5.02. The number of benzene rings is 1. The van der Waals surface area contributed by atoms with Crippen molar-refractivity contribution in [2.24, 2.45) is 7.05 Å². The molecule has 2 aromatic rings. The van der Waals surface area contributed by atoms with Crippen LogP contribution in [0.3, 0.4) is 0 Å². The predicted molar refractivity (Wildman–Crippen MR) is 67.5 cm³/mol. The van der Waals surface area contributed by atoms with Crippen molar-refractivity contribution in [2.75, 3.05) is 0 Å². The van der Waals surface area contributed by atoms with E-state index in [2.05, 4.69) is 5.10 Å². The van der Waals surface area contributed by atoms with Crippen LogP contribution in [0, 0.1) is 5.82 Å². The van der Waals surface area contributed by atoms with Crippen molar-refractivity contribution < 1.29 is 14.3 Å².